The lowest BCUT2D eigenvalue weighted by Crippen LogP contribution is -2.56. The van der Waals surface area contributed by atoms with Gasteiger partial charge in [0.25, 0.3) is 0 Å². The Morgan fingerprint density at radius 2 is 1.30 bits per heavy atom. The van der Waals surface area contributed by atoms with Crippen LogP contribution in [0.3, 0.4) is 0 Å². The van der Waals surface area contributed by atoms with Gasteiger partial charge in [0, 0.05) is 18.5 Å². The van der Waals surface area contributed by atoms with Crippen molar-refractivity contribution in [3.05, 3.63) is 71.8 Å². The highest BCUT2D eigenvalue weighted by molar-refractivity contribution is 6.68. The maximum absolute atomic E-state index is 12.6. The third-order valence-electron chi connectivity index (χ3n) is 4.08. The van der Waals surface area contributed by atoms with E-state index < -0.39 is 15.4 Å². The second-order valence-electron chi connectivity index (χ2n) is 7.54. The Labute approximate surface area is 176 Å². The Balaban J connectivity index is 2.34. The molecule has 0 saturated heterocycles. The number of amides is 1. The summed E-state index contributed by atoms with van der Waals surface area (Å²) in [7, 11) is 0. The Morgan fingerprint density at radius 3 is 1.63 bits per heavy atom. The summed E-state index contributed by atoms with van der Waals surface area (Å²) in [6.07, 6.45) is -0.783. The van der Waals surface area contributed by atoms with Crippen molar-refractivity contribution in [1.29, 1.82) is 0 Å². The Hall–Kier alpha value is -1.26. The van der Waals surface area contributed by atoms with E-state index in [1.807, 2.05) is 86.3 Å². The zero-order chi connectivity index (χ0) is 20.1. The smallest absolute Gasteiger partial charge is 0.226 e. The van der Waals surface area contributed by atoms with Crippen LogP contribution in [0.25, 0.3) is 0 Å². The summed E-state index contributed by atoms with van der Waals surface area (Å²) in [5.41, 5.74) is 1.54. The number of hydrogen-bond acceptors (Lipinski definition) is 2. The van der Waals surface area contributed by atoms with E-state index in [2.05, 4.69) is 5.32 Å². The first-order valence-corrected chi connectivity index (χ1v) is 9.90. The van der Waals surface area contributed by atoms with Crippen molar-refractivity contribution in [3.63, 3.8) is 0 Å². The van der Waals surface area contributed by atoms with E-state index in [4.69, 9.17) is 34.8 Å². The van der Waals surface area contributed by atoms with Crippen molar-refractivity contribution in [2.75, 3.05) is 0 Å². The molecule has 27 heavy (non-hydrogen) atoms. The van der Waals surface area contributed by atoms with Crippen molar-refractivity contribution >= 4 is 40.7 Å². The van der Waals surface area contributed by atoms with Crippen LogP contribution < -0.4 is 5.32 Å². The molecule has 0 aliphatic rings. The highest BCUT2D eigenvalue weighted by Crippen LogP contribution is 2.34. The number of carbonyl (C=O) groups excluding carboxylic acids is 1. The van der Waals surface area contributed by atoms with E-state index in [0.717, 1.165) is 11.1 Å². The summed E-state index contributed by atoms with van der Waals surface area (Å²) in [5, 5.41) is 2.93. The maximum Gasteiger partial charge on any atom is 0.226 e. The normalized spacial score (nSPS) is 13.4. The lowest BCUT2D eigenvalue weighted by molar-refractivity contribution is -0.130. The third kappa shape index (κ3) is 7.00. The largest absolute Gasteiger partial charge is 0.336 e. The summed E-state index contributed by atoms with van der Waals surface area (Å²) in [6.45, 7) is 6.54. The molecule has 0 radical (unpaired) electrons. The molecule has 0 aliphatic heterocycles. The van der Waals surface area contributed by atoms with E-state index in [0.29, 0.717) is 13.1 Å². The molecule has 0 fully saturated rings. The predicted molar refractivity (Wildman–Crippen MR) is 114 cm³/mol. The number of nitrogens with one attached hydrogen (secondary N) is 1. The second kappa shape index (κ2) is 9.29. The average Bonchev–Trinajstić information content (AvgIpc) is 2.59. The van der Waals surface area contributed by atoms with E-state index >= 15 is 0 Å². The molecule has 1 atom stereocenters. The number of carbonyl (C=O) groups is 1. The summed E-state index contributed by atoms with van der Waals surface area (Å²) in [5.74, 6) is -0.176. The molecule has 0 aromatic heterocycles. The molecule has 0 heterocycles. The second-order valence-corrected chi connectivity index (χ2v) is 9.91. The van der Waals surface area contributed by atoms with Gasteiger partial charge in [-0.15, -0.1) is 0 Å². The average molecular weight is 428 g/mol. The van der Waals surface area contributed by atoms with E-state index in [1.165, 1.54) is 0 Å². The van der Waals surface area contributed by atoms with Crippen LogP contribution in [0, 0.1) is 5.41 Å². The quantitative estimate of drug-likeness (QED) is 0.484. The Morgan fingerprint density at radius 1 is 0.889 bits per heavy atom. The van der Waals surface area contributed by atoms with Crippen molar-refractivity contribution in [2.45, 2.75) is 43.8 Å². The molecule has 1 N–H and O–H groups in total. The van der Waals surface area contributed by atoms with Crippen molar-refractivity contribution in [3.8, 4) is 0 Å². The van der Waals surface area contributed by atoms with Gasteiger partial charge in [0.15, 0.2) is 0 Å². The summed E-state index contributed by atoms with van der Waals surface area (Å²) < 4.78 is -1.69. The standard InChI is InChI=1S/C21H25Cl3N2O/c1-20(2,3)19(27)25-18(21(22,23)24)26(14-16-10-6-4-7-11-16)15-17-12-8-5-9-13-17/h4-13,18H,14-15H2,1-3H3,(H,25,27)/t18-/m1/s1. The first-order chi connectivity index (χ1) is 12.6. The minimum atomic E-state index is -1.69. The molecule has 146 valence electrons. The molecular weight excluding hydrogens is 403 g/mol. The maximum atomic E-state index is 12.6. The van der Waals surface area contributed by atoms with Gasteiger partial charge >= 0.3 is 0 Å². The van der Waals surface area contributed by atoms with Crippen molar-refractivity contribution < 1.29 is 4.79 Å². The number of rotatable bonds is 6. The van der Waals surface area contributed by atoms with Crippen LogP contribution in [0.15, 0.2) is 60.7 Å². The molecule has 0 unspecified atom stereocenters. The minimum Gasteiger partial charge on any atom is -0.336 e. The highest BCUT2D eigenvalue weighted by atomic mass is 35.6. The molecule has 0 aliphatic carbocycles. The molecule has 2 rings (SSSR count). The van der Waals surface area contributed by atoms with Gasteiger partial charge in [0.05, 0.1) is 0 Å². The zero-order valence-corrected chi connectivity index (χ0v) is 18.0. The SMILES string of the molecule is CC(C)(C)C(=O)N[C@H](N(Cc1ccccc1)Cc1ccccc1)C(Cl)(Cl)Cl. The highest BCUT2D eigenvalue weighted by Gasteiger charge is 2.40. The molecule has 0 saturated carbocycles. The van der Waals surface area contributed by atoms with Crippen LogP contribution >= 0.6 is 34.8 Å². The predicted octanol–water partition coefficient (Wildman–Crippen LogP) is 5.55. The van der Waals surface area contributed by atoms with Crippen LogP contribution in [0.1, 0.15) is 31.9 Å². The van der Waals surface area contributed by atoms with Crippen LogP contribution in [0.4, 0.5) is 0 Å². The van der Waals surface area contributed by atoms with E-state index in [1.54, 1.807) is 0 Å². The number of nitrogens with zero attached hydrogens (tertiary/aromatic N) is 1. The van der Waals surface area contributed by atoms with Crippen molar-refractivity contribution in [2.24, 2.45) is 5.41 Å². The van der Waals surface area contributed by atoms with Gasteiger partial charge in [-0.25, -0.2) is 0 Å². The van der Waals surface area contributed by atoms with Gasteiger partial charge in [-0.1, -0.05) is 116 Å². The summed E-state index contributed by atoms with van der Waals surface area (Å²) in [6, 6.07) is 19.8. The van der Waals surface area contributed by atoms with Crippen LogP contribution in [-0.4, -0.2) is 20.8 Å². The molecule has 0 bridgehead atoms. The third-order valence-corrected chi connectivity index (χ3v) is 4.70. The van der Waals surface area contributed by atoms with Gasteiger partial charge in [0.1, 0.15) is 6.17 Å². The zero-order valence-electron chi connectivity index (χ0n) is 15.8. The first kappa shape index (κ1) is 22.0. The molecule has 6 heteroatoms. The first-order valence-electron chi connectivity index (χ1n) is 8.77. The number of alkyl halides is 3. The fourth-order valence-corrected chi connectivity index (χ4v) is 3.17. The Kier molecular flexibility index (Phi) is 7.58. The molecule has 0 spiro atoms. The van der Waals surface area contributed by atoms with Gasteiger partial charge in [-0.2, -0.15) is 0 Å². The molecule has 3 nitrogen and oxygen atoms in total. The molecular formula is C21H25Cl3N2O. The van der Waals surface area contributed by atoms with Gasteiger partial charge in [0.2, 0.25) is 9.70 Å². The lowest BCUT2D eigenvalue weighted by atomic mass is 9.95. The summed E-state index contributed by atoms with van der Waals surface area (Å²) in [4.78, 5) is 14.6. The topological polar surface area (TPSA) is 32.3 Å². The van der Waals surface area contributed by atoms with Crippen LogP contribution in [0.5, 0.6) is 0 Å². The molecule has 2 aromatic carbocycles. The fraction of sp³-hybridized carbons (Fsp3) is 0.381. The van der Waals surface area contributed by atoms with Gasteiger partial charge in [-0.3, -0.25) is 9.69 Å². The number of benzene rings is 2. The van der Waals surface area contributed by atoms with Crippen molar-refractivity contribution in [1.82, 2.24) is 10.2 Å². The monoisotopic (exact) mass is 426 g/mol. The fourth-order valence-electron chi connectivity index (χ4n) is 2.60. The minimum absolute atomic E-state index is 0.176. The lowest BCUT2D eigenvalue weighted by Gasteiger charge is -2.38. The van der Waals surface area contributed by atoms with E-state index in [9.17, 15) is 4.79 Å². The van der Waals surface area contributed by atoms with Gasteiger partial charge in [-0.05, 0) is 11.1 Å². The van der Waals surface area contributed by atoms with Crippen LogP contribution in [0.2, 0.25) is 0 Å². The molecule has 2 aromatic rings. The summed E-state index contributed by atoms with van der Waals surface area (Å²) >= 11 is 18.9. The number of hydrogen-bond donors (Lipinski definition) is 1. The van der Waals surface area contributed by atoms with Gasteiger partial charge < -0.3 is 5.32 Å². The molecule has 1 amide bonds. The number of halogens is 3. The van der Waals surface area contributed by atoms with Crippen LogP contribution in [-0.2, 0) is 17.9 Å². The Bertz CT molecular complexity index is 683. The van der Waals surface area contributed by atoms with E-state index in [-0.39, 0.29) is 5.91 Å².